The molecule has 0 aliphatic carbocycles. The van der Waals surface area contributed by atoms with Crippen molar-refractivity contribution in [1.82, 2.24) is 15.6 Å². The quantitative estimate of drug-likeness (QED) is 0.301. The fourth-order valence-electron chi connectivity index (χ4n) is 4.14. The number of fused-ring (bicyclic) bond motifs is 6. The average Bonchev–Trinajstić information content (AvgIpc) is 2.79. The summed E-state index contributed by atoms with van der Waals surface area (Å²) in [5.41, 5.74) is -4.71. The van der Waals surface area contributed by atoms with E-state index in [4.69, 9.17) is 4.74 Å². The minimum atomic E-state index is -2.33. The van der Waals surface area contributed by atoms with E-state index < -0.39 is 47.5 Å². The van der Waals surface area contributed by atoms with Gasteiger partial charge >= 0.3 is 0 Å². The lowest BCUT2D eigenvalue weighted by molar-refractivity contribution is -0.240. The van der Waals surface area contributed by atoms with Crippen molar-refractivity contribution < 1.29 is 34.8 Å². The maximum atomic E-state index is 12.9. The molecule has 3 fully saturated rings. The molecular formula is C22H27N3O7S. The number of pyridine rings is 1. The van der Waals surface area contributed by atoms with Crippen LogP contribution in [0.2, 0.25) is 0 Å². The molecule has 11 heteroatoms. The number of piperazine rings is 1. The molecule has 2 amide bonds. The minimum absolute atomic E-state index is 0.0680. The van der Waals surface area contributed by atoms with Crippen LogP contribution in [0.25, 0.3) is 10.9 Å². The van der Waals surface area contributed by atoms with Crippen LogP contribution in [0, 0.1) is 5.92 Å². The molecule has 2 aromatic rings. The van der Waals surface area contributed by atoms with Crippen molar-refractivity contribution in [3.05, 3.63) is 42.1 Å². The minimum Gasteiger partial charge on any atom is -0.393 e. The van der Waals surface area contributed by atoms with Gasteiger partial charge in [-0.2, -0.15) is 11.8 Å². The molecule has 4 heterocycles. The number of aliphatic hydroxyl groups is 4. The Kier molecular flexibility index (Phi) is 6.38. The molecule has 3 aliphatic rings. The lowest BCUT2D eigenvalue weighted by atomic mass is 9.83. The highest BCUT2D eigenvalue weighted by atomic mass is 32.2. The highest BCUT2D eigenvalue weighted by Gasteiger charge is 2.64. The van der Waals surface area contributed by atoms with E-state index in [1.54, 1.807) is 6.20 Å². The van der Waals surface area contributed by atoms with Gasteiger partial charge in [0.1, 0.15) is 11.7 Å². The van der Waals surface area contributed by atoms with Crippen molar-refractivity contribution in [2.75, 3.05) is 19.0 Å². The summed E-state index contributed by atoms with van der Waals surface area (Å²) in [4.78, 5) is 30.1. The Hall–Kier alpha value is -2.28. The lowest BCUT2D eigenvalue weighted by Gasteiger charge is -2.51. The summed E-state index contributed by atoms with van der Waals surface area (Å²) < 4.78 is 5.59. The third-order valence-electron chi connectivity index (χ3n) is 6.22. The van der Waals surface area contributed by atoms with E-state index in [9.17, 15) is 30.0 Å². The second-order valence-corrected chi connectivity index (χ2v) is 9.74. The van der Waals surface area contributed by atoms with Gasteiger partial charge in [-0.05, 0) is 37.1 Å². The van der Waals surface area contributed by atoms with Gasteiger partial charge in [-0.3, -0.25) is 14.6 Å². The largest absolute Gasteiger partial charge is 0.393 e. The number of carbonyl (C=O) groups excluding carboxylic acids is 2. The van der Waals surface area contributed by atoms with Gasteiger partial charge in [0.15, 0.2) is 0 Å². The molecule has 0 spiro atoms. The molecule has 33 heavy (non-hydrogen) atoms. The van der Waals surface area contributed by atoms with Gasteiger partial charge in [-0.1, -0.05) is 12.1 Å². The predicted molar refractivity (Wildman–Crippen MR) is 120 cm³/mol. The number of hydrogen-bond donors (Lipinski definition) is 6. The van der Waals surface area contributed by atoms with Gasteiger partial charge in [0.25, 0.3) is 17.5 Å². The van der Waals surface area contributed by atoms with Crippen molar-refractivity contribution >= 4 is 34.5 Å². The smallest absolute Gasteiger partial charge is 0.278 e. The summed E-state index contributed by atoms with van der Waals surface area (Å²) in [6.45, 7) is 0.162. The zero-order chi connectivity index (χ0) is 23.9. The van der Waals surface area contributed by atoms with Crippen LogP contribution in [0.5, 0.6) is 0 Å². The Morgan fingerprint density at radius 2 is 2.09 bits per heavy atom. The number of hydrogen-bond acceptors (Lipinski definition) is 9. The summed E-state index contributed by atoms with van der Waals surface area (Å²) in [5, 5.41) is 46.9. The van der Waals surface area contributed by atoms with Gasteiger partial charge in [0.05, 0.1) is 18.7 Å². The van der Waals surface area contributed by atoms with E-state index in [2.05, 4.69) is 15.6 Å². The zero-order valence-corrected chi connectivity index (χ0v) is 18.8. The second-order valence-electron chi connectivity index (χ2n) is 8.71. The number of aliphatic hydroxyl groups excluding tert-OH is 2. The number of amides is 2. The van der Waals surface area contributed by atoms with Crippen molar-refractivity contribution in [1.29, 1.82) is 0 Å². The van der Waals surface area contributed by atoms with E-state index in [0.717, 1.165) is 23.4 Å². The Morgan fingerprint density at radius 3 is 2.85 bits per heavy atom. The number of aromatic nitrogens is 1. The third kappa shape index (κ3) is 4.20. The summed E-state index contributed by atoms with van der Waals surface area (Å²) in [6, 6.07) is 9.77. The highest BCUT2D eigenvalue weighted by Crippen LogP contribution is 2.35. The molecule has 6 N–H and O–H groups in total. The first-order chi connectivity index (χ1) is 15.6. The van der Waals surface area contributed by atoms with Gasteiger partial charge in [-0.15, -0.1) is 0 Å². The number of nitrogens with zero attached hydrogens (tertiary/aromatic N) is 1. The first-order valence-electron chi connectivity index (χ1n) is 10.6. The Balaban J connectivity index is 1.47. The fraction of sp³-hybridized carbons (Fsp3) is 0.500. The van der Waals surface area contributed by atoms with Gasteiger partial charge in [0.2, 0.25) is 5.72 Å². The number of benzene rings is 1. The molecule has 5 rings (SSSR count). The van der Waals surface area contributed by atoms with Crippen LogP contribution >= 0.6 is 11.8 Å². The van der Waals surface area contributed by atoms with Crippen LogP contribution in [0.4, 0.5) is 0 Å². The monoisotopic (exact) mass is 477 g/mol. The van der Waals surface area contributed by atoms with Gasteiger partial charge in [-0.25, -0.2) is 0 Å². The molecule has 1 aromatic carbocycles. The number of thioether (sulfide) groups is 1. The van der Waals surface area contributed by atoms with E-state index >= 15 is 0 Å². The number of ether oxygens (including phenoxy) is 1. The molecular weight excluding hydrogens is 450 g/mol. The van der Waals surface area contributed by atoms with E-state index in [1.807, 2.05) is 30.3 Å². The highest BCUT2D eigenvalue weighted by molar-refractivity contribution is 7.98. The topological polar surface area (TPSA) is 161 Å². The first kappa shape index (κ1) is 23.9. The van der Waals surface area contributed by atoms with Gasteiger partial charge < -0.3 is 35.8 Å². The number of rotatable bonds is 7. The average molecular weight is 478 g/mol. The van der Waals surface area contributed by atoms with Crippen LogP contribution in [0.1, 0.15) is 18.9 Å². The summed E-state index contributed by atoms with van der Waals surface area (Å²) in [7, 11) is 0. The Morgan fingerprint density at radius 1 is 1.30 bits per heavy atom. The fourth-order valence-corrected chi connectivity index (χ4v) is 5.36. The van der Waals surface area contributed by atoms with E-state index in [1.165, 1.54) is 11.8 Å². The molecule has 2 bridgehead atoms. The Labute approximate surface area is 194 Å². The first-order valence-corrected chi connectivity index (χ1v) is 11.7. The van der Waals surface area contributed by atoms with Crippen LogP contribution < -0.4 is 10.6 Å². The van der Waals surface area contributed by atoms with Crippen molar-refractivity contribution in [3.8, 4) is 0 Å². The molecule has 1 unspecified atom stereocenters. The molecule has 3 aliphatic heterocycles. The summed E-state index contributed by atoms with van der Waals surface area (Å²) in [6.07, 6.45) is -0.0260. The maximum absolute atomic E-state index is 12.9. The molecule has 5 atom stereocenters. The van der Waals surface area contributed by atoms with Crippen LogP contribution in [-0.4, -0.2) is 79.3 Å². The molecule has 178 valence electrons. The van der Waals surface area contributed by atoms with Crippen LogP contribution in [-0.2, 0) is 20.1 Å². The van der Waals surface area contributed by atoms with Crippen LogP contribution in [0.3, 0.4) is 0 Å². The Bertz CT molecular complexity index is 1070. The molecule has 0 radical (unpaired) electrons. The summed E-state index contributed by atoms with van der Waals surface area (Å²) in [5.74, 6) is -1.64. The summed E-state index contributed by atoms with van der Waals surface area (Å²) >= 11 is 1.50. The van der Waals surface area contributed by atoms with Crippen molar-refractivity contribution in [2.45, 2.75) is 42.3 Å². The van der Waals surface area contributed by atoms with Gasteiger partial charge in [0, 0.05) is 29.0 Å². The molecule has 1 aromatic heterocycles. The third-order valence-corrected chi connectivity index (χ3v) is 7.40. The molecule has 0 saturated carbocycles. The normalized spacial score (nSPS) is 30.2. The van der Waals surface area contributed by atoms with E-state index in [0.29, 0.717) is 11.5 Å². The SMILES string of the molecule is C[C@@](O)(CO)[C@H](O)[C@@]12NC(=O)[C@@](O)(NC1=O)C(CSCc1ccc3ncccc3c1)CCO2. The second kappa shape index (κ2) is 8.82. The lowest BCUT2D eigenvalue weighted by Crippen LogP contribution is -2.83. The number of carbonyl (C=O) groups is 2. The van der Waals surface area contributed by atoms with Crippen molar-refractivity contribution in [3.63, 3.8) is 0 Å². The molecule has 10 nitrogen and oxygen atoms in total. The van der Waals surface area contributed by atoms with Crippen LogP contribution in [0.15, 0.2) is 36.5 Å². The van der Waals surface area contributed by atoms with Crippen molar-refractivity contribution in [2.24, 2.45) is 5.92 Å². The molecule has 3 saturated heterocycles. The standard InChI is InChI=1S/C22H27N3O7S/c1-20(30,12-26)17(27)22-19(29)24-21(31,18(28)25-22)15(6-8-32-22)11-33-10-13-4-5-16-14(9-13)3-2-7-23-16/h2-5,7,9,15,17,26-27,30-31H,6,8,10-12H2,1H3,(H,24,29)(H,25,28)/t15?,17-,20+,21+,22-/m0/s1. The maximum Gasteiger partial charge on any atom is 0.278 e. The number of nitrogens with one attached hydrogen (secondary N) is 2. The predicted octanol–water partition coefficient (Wildman–Crippen LogP) is -0.760. The zero-order valence-electron chi connectivity index (χ0n) is 18.0. The van der Waals surface area contributed by atoms with E-state index in [-0.39, 0.29) is 13.0 Å².